The van der Waals surface area contributed by atoms with Crippen molar-refractivity contribution in [2.75, 3.05) is 6.61 Å². The van der Waals surface area contributed by atoms with E-state index in [2.05, 4.69) is 10.6 Å². The van der Waals surface area contributed by atoms with Crippen molar-refractivity contribution in [3.63, 3.8) is 0 Å². The molecule has 4 nitrogen and oxygen atoms in total. The molecule has 2 rings (SSSR count). The van der Waals surface area contributed by atoms with Crippen LogP contribution in [-0.4, -0.2) is 30.8 Å². The largest absolute Gasteiger partial charge is 0.378 e. The van der Waals surface area contributed by atoms with Crippen LogP contribution in [0.4, 0.5) is 4.79 Å². The zero-order chi connectivity index (χ0) is 12.1. The third-order valence-corrected chi connectivity index (χ3v) is 3.77. The van der Waals surface area contributed by atoms with Crippen molar-refractivity contribution in [3.05, 3.63) is 0 Å². The fourth-order valence-electron chi connectivity index (χ4n) is 2.71. The number of nitrogens with one attached hydrogen (secondary N) is 2. The summed E-state index contributed by atoms with van der Waals surface area (Å²) >= 11 is 0. The Kier molecular flexibility index (Phi) is 4.66. The van der Waals surface area contributed by atoms with Crippen molar-refractivity contribution in [1.29, 1.82) is 0 Å². The van der Waals surface area contributed by atoms with Crippen LogP contribution in [0.1, 0.15) is 51.9 Å². The Morgan fingerprint density at radius 1 is 1.12 bits per heavy atom. The van der Waals surface area contributed by atoms with Gasteiger partial charge in [0.25, 0.3) is 0 Å². The van der Waals surface area contributed by atoms with Gasteiger partial charge >= 0.3 is 6.03 Å². The van der Waals surface area contributed by atoms with E-state index in [4.69, 9.17) is 4.74 Å². The van der Waals surface area contributed by atoms with Gasteiger partial charge in [-0.2, -0.15) is 0 Å². The molecule has 0 aliphatic heterocycles. The molecule has 0 heterocycles. The van der Waals surface area contributed by atoms with Crippen LogP contribution in [0.15, 0.2) is 0 Å². The number of hydrogen-bond acceptors (Lipinski definition) is 2. The highest BCUT2D eigenvalue weighted by Gasteiger charge is 2.31. The lowest BCUT2D eigenvalue weighted by molar-refractivity contribution is -0.00717. The number of ether oxygens (including phenoxy) is 1. The summed E-state index contributed by atoms with van der Waals surface area (Å²) in [6, 6.07) is 0.721. The summed E-state index contributed by atoms with van der Waals surface area (Å²) < 4.78 is 5.47. The molecule has 0 bridgehead atoms. The van der Waals surface area contributed by atoms with Gasteiger partial charge in [-0.05, 0) is 32.6 Å². The zero-order valence-electron chi connectivity index (χ0n) is 10.7. The maximum Gasteiger partial charge on any atom is 0.315 e. The van der Waals surface area contributed by atoms with Gasteiger partial charge in [0.15, 0.2) is 0 Å². The van der Waals surface area contributed by atoms with Crippen molar-refractivity contribution in [1.82, 2.24) is 10.6 Å². The molecule has 0 aromatic carbocycles. The van der Waals surface area contributed by atoms with Crippen LogP contribution in [0.3, 0.4) is 0 Å². The van der Waals surface area contributed by atoms with Crippen molar-refractivity contribution in [2.24, 2.45) is 0 Å². The maximum absolute atomic E-state index is 11.7. The predicted octanol–water partition coefficient (Wildman–Crippen LogP) is 2.19. The molecule has 0 aromatic rings. The van der Waals surface area contributed by atoms with E-state index in [0.717, 1.165) is 32.3 Å². The second-order valence-electron chi connectivity index (χ2n) is 5.20. The number of carbonyl (C=O) groups is 1. The van der Waals surface area contributed by atoms with E-state index in [0.29, 0.717) is 18.2 Å². The second kappa shape index (κ2) is 6.24. The Hall–Kier alpha value is -0.770. The summed E-state index contributed by atoms with van der Waals surface area (Å²) in [5, 5.41) is 6.10. The maximum atomic E-state index is 11.7. The predicted molar refractivity (Wildman–Crippen MR) is 67.0 cm³/mol. The molecule has 2 aliphatic carbocycles. The Bertz CT molecular complexity index is 246. The number of amides is 2. The average Bonchev–Trinajstić information content (AvgIpc) is 2.27. The van der Waals surface area contributed by atoms with Gasteiger partial charge < -0.3 is 15.4 Å². The fraction of sp³-hybridized carbons (Fsp3) is 0.923. The first kappa shape index (κ1) is 12.7. The molecule has 0 spiro atoms. The first-order valence-corrected chi connectivity index (χ1v) is 6.96. The van der Waals surface area contributed by atoms with E-state index in [1.54, 1.807) is 0 Å². The number of rotatable bonds is 4. The molecule has 98 valence electrons. The van der Waals surface area contributed by atoms with Crippen LogP contribution >= 0.6 is 0 Å². The van der Waals surface area contributed by atoms with Gasteiger partial charge in [0.2, 0.25) is 0 Å². The Morgan fingerprint density at radius 2 is 1.76 bits per heavy atom. The highest BCUT2D eigenvalue weighted by atomic mass is 16.5. The monoisotopic (exact) mass is 240 g/mol. The molecule has 0 aromatic heterocycles. The lowest BCUT2D eigenvalue weighted by Gasteiger charge is -2.35. The third-order valence-electron chi connectivity index (χ3n) is 3.77. The summed E-state index contributed by atoms with van der Waals surface area (Å²) in [7, 11) is 0. The summed E-state index contributed by atoms with van der Waals surface area (Å²) in [4.78, 5) is 11.7. The Balaban J connectivity index is 1.58. The van der Waals surface area contributed by atoms with Crippen LogP contribution in [0.2, 0.25) is 0 Å². The molecule has 0 atom stereocenters. The summed E-state index contributed by atoms with van der Waals surface area (Å²) in [5.41, 5.74) is 0. The van der Waals surface area contributed by atoms with E-state index in [1.807, 2.05) is 6.92 Å². The van der Waals surface area contributed by atoms with Crippen LogP contribution < -0.4 is 10.6 Å². The lowest BCUT2D eigenvalue weighted by Crippen LogP contribution is -2.52. The first-order chi connectivity index (χ1) is 8.28. The van der Waals surface area contributed by atoms with Crippen LogP contribution in [0, 0.1) is 0 Å². The minimum Gasteiger partial charge on any atom is -0.378 e. The quantitative estimate of drug-likeness (QED) is 0.791. The standard InChI is InChI=1S/C13H24N2O2/c1-2-17-12-8-11(9-12)15-13(16)14-10-6-4-3-5-7-10/h10-12H,2-9H2,1H3,(H2,14,15,16). The molecule has 2 saturated carbocycles. The number of hydrogen-bond donors (Lipinski definition) is 2. The van der Waals surface area contributed by atoms with Gasteiger partial charge in [-0.1, -0.05) is 19.3 Å². The molecule has 2 amide bonds. The summed E-state index contributed by atoms with van der Waals surface area (Å²) in [5.74, 6) is 0. The minimum atomic E-state index is 0.0110. The molecule has 0 unspecified atom stereocenters. The fourth-order valence-corrected chi connectivity index (χ4v) is 2.71. The normalized spacial score (nSPS) is 29.5. The third kappa shape index (κ3) is 3.87. The highest BCUT2D eigenvalue weighted by Crippen LogP contribution is 2.23. The second-order valence-corrected chi connectivity index (χ2v) is 5.20. The molecule has 2 fully saturated rings. The number of carbonyl (C=O) groups excluding carboxylic acids is 1. The van der Waals surface area contributed by atoms with Crippen molar-refractivity contribution in [2.45, 2.75) is 70.1 Å². The first-order valence-electron chi connectivity index (χ1n) is 6.96. The Labute approximate surface area is 103 Å². The molecule has 0 saturated heterocycles. The van der Waals surface area contributed by atoms with Crippen molar-refractivity contribution in [3.8, 4) is 0 Å². The minimum absolute atomic E-state index is 0.0110. The highest BCUT2D eigenvalue weighted by molar-refractivity contribution is 5.74. The van der Waals surface area contributed by atoms with Gasteiger partial charge in [-0.25, -0.2) is 4.79 Å². The molecule has 0 radical (unpaired) electrons. The molecule has 2 aliphatic rings. The van der Waals surface area contributed by atoms with Gasteiger partial charge in [0.05, 0.1) is 6.10 Å². The van der Waals surface area contributed by atoms with E-state index in [1.165, 1.54) is 19.3 Å². The van der Waals surface area contributed by atoms with Crippen molar-refractivity contribution >= 4 is 6.03 Å². The topological polar surface area (TPSA) is 50.4 Å². The van der Waals surface area contributed by atoms with E-state index in [-0.39, 0.29) is 6.03 Å². The summed E-state index contributed by atoms with van der Waals surface area (Å²) in [6.45, 7) is 2.78. The van der Waals surface area contributed by atoms with Gasteiger partial charge in [0.1, 0.15) is 0 Å². The zero-order valence-corrected chi connectivity index (χ0v) is 10.7. The smallest absolute Gasteiger partial charge is 0.315 e. The molecule has 17 heavy (non-hydrogen) atoms. The Morgan fingerprint density at radius 3 is 2.41 bits per heavy atom. The van der Waals surface area contributed by atoms with Crippen molar-refractivity contribution < 1.29 is 9.53 Å². The van der Waals surface area contributed by atoms with Gasteiger partial charge in [-0.15, -0.1) is 0 Å². The van der Waals surface area contributed by atoms with Crippen LogP contribution in [0.25, 0.3) is 0 Å². The molecule has 4 heteroatoms. The molecular formula is C13H24N2O2. The van der Waals surface area contributed by atoms with Gasteiger partial charge in [-0.3, -0.25) is 0 Å². The number of urea groups is 1. The lowest BCUT2D eigenvalue weighted by atomic mass is 9.89. The van der Waals surface area contributed by atoms with Gasteiger partial charge in [0, 0.05) is 18.7 Å². The molecular weight excluding hydrogens is 216 g/mol. The van der Waals surface area contributed by atoms with Crippen LogP contribution in [-0.2, 0) is 4.74 Å². The SMILES string of the molecule is CCOC1CC(NC(=O)NC2CCCCC2)C1. The van der Waals surface area contributed by atoms with E-state index < -0.39 is 0 Å². The average molecular weight is 240 g/mol. The summed E-state index contributed by atoms with van der Waals surface area (Å²) in [6.07, 6.45) is 8.39. The molecule has 2 N–H and O–H groups in total. The van der Waals surface area contributed by atoms with Crippen LogP contribution in [0.5, 0.6) is 0 Å². The van der Waals surface area contributed by atoms with E-state index >= 15 is 0 Å². The van der Waals surface area contributed by atoms with E-state index in [9.17, 15) is 4.79 Å².